The lowest BCUT2D eigenvalue weighted by atomic mass is 10.1. The van der Waals surface area contributed by atoms with Gasteiger partial charge in [0.2, 0.25) is 5.91 Å². The summed E-state index contributed by atoms with van der Waals surface area (Å²) < 4.78 is 5.92. The number of para-hydroxylation sites is 1. The molecule has 1 aliphatic heterocycles. The number of carbonyl (C=O) groups excluding carboxylic acids is 1. The van der Waals surface area contributed by atoms with Crippen LogP contribution in [-0.4, -0.2) is 42.1 Å². The number of aryl methyl sites for hydroxylation is 1. The molecule has 2 fully saturated rings. The summed E-state index contributed by atoms with van der Waals surface area (Å²) in [6, 6.07) is 8.56. The number of hydrogen-bond donors (Lipinski definition) is 1. The van der Waals surface area contributed by atoms with Gasteiger partial charge in [0.15, 0.2) is 0 Å². The van der Waals surface area contributed by atoms with Crippen molar-refractivity contribution in [1.82, 2.24) is 10.2 Å². The molecule has 3 rings (SSSR count). The molecule has 0 spiro atoms. The Kier molecular flexibility index (Phi) is 4.60. The fraction of sp³-hybridized carbons (Fsp3) is 0.650. The summed E-state index contributed by atoms with van der Waals surface area (Å²) in [7, 11) is 0. The molecule has 3 atom stereocenters. The minimum absolute atomic E-state index is 0.201. The highest BCUT2D eigenvalue weighted by atomic mass is 16.5. The van der Waals surface area contributed by atoms with Gasteiger partial charge in [-0.15, -0.1) is 0 Å². The molecule has 1 amide bonds. The average Bonchev–Trinajstić information content (AvgIpc) is 3.01. The van der Waals surface area contributed by atoms with Crippen LogP contribution < -0.4 is 10.1 Å². The number of fused-ring (bicyclic) bond motifs is 1. The van der Waals surface area contributed by atoms with E-state index in [0.29, 0.717) is 24.5 Å². The second-order valence-corrected chi connectivity index (χ2v) is 8.33. The molecule has 24 heavy (non-hydrogen) atoms. The van der Waals surface area contributed by atoms with Gasteiger partial charge in [-0.25, -0.2) is 0 Å². The highest BCUT2D eigenvalue weighted by molar-refractivity contribution is 5.83. The first-order valence-electron chi connectivity index (χ1n) is 9.03. The largest absolute Gasteiger partial charge is 0.491 e. The summed E-state index contributed by atoms with van der Waals surface area (Å²) in [6.45, 7) is 13.2. The van der Waals surface area contributed by atoms with Crippen molar-refractivity contribution in [3.63, 3.8) is 0 Å². The molecule has 0 radical (unpaired) electrons. The lowest BCUT2D eigenvalue weighted by Gasteiger charge is -2.28. The van der Waals surface area contributed by atoms with E-state index < -0.39 is 0 Å². The first kappa shape index (κ1) is 17.3. The minimum atomic E-state index is -0.367. The fourth-order valence-corrected chi connectivity index (χ4v) is 3.80. The Labute approximate surface area is 145 Å². The second-order valence-electron chi connectivity index (χ2n) is 8.33. The maximum atomic E-state index is 12.6. The van der Waals surface area contributed by atoms with Gasteiger partial charge in [0, 0.05) is 25.0 Å². The number of ether oxygens (including phenoxy) is 1. The van der Waals surface area contributed by atoms with Crippen molar-refractivity contribution >= 4 is 5.91 Å². The molecule has 4 heteroatoms. The van der Waals surface area contributed by atoms with Gasteiger partial charge in [-0.2, -0.15) is 0 Å². The van der Waals surface area contributed by atoms with Gasteiger partial charge in [0.05, 0.1) is 5.54 Å². The van der Waals surface area contributed by atoms with Crippen LogP contribution in [0.5, 0.6) is 5.75 Å². The third kappa shape index (κ3) is 3.59. The van der Waals surface area contributed by atoms with Gasteiger partial charge in [-0.3, -0.25) is 4.79 Å². The number of rotatable bonds is 6. The Bertz CT molecular complexity index is 599. The van der Waals surface area contributed by atoms with Gasteiger partial charge in [-0.05, 0) is 58.1 Å². The van der Waals surface area contributed by atoms with E-state index in [9.17, 15) is 4.79 Å². The van der Waals surface area contributed by atoms with Crippen LogP contribution in [-0.2, 0) is 4.79 Å². The summed E-state index contributed by atoms with van der Waals surface area (Å²) >= 11 is 0. The predicted octanol–water partition coefficient (Wildman–Crippen LogP) is 2.85. The summed E-state index contributed by atoms with van der Waals surface area (Å²) in [4.78, 5) is 15.1. The molecular weight excluding hydrogens is 300 g/mol. The molecule has 1 N–H and O–H groups in total. The number of amides is 1. The molecule has 1 aromatic carbocycles. The zero-order valence-corrected chi connectivity index (χ0v) is 15.5. The molecule has 2 aliphatic rings. The number of nitrogens with zero attached hydrogens (tertiary/aromatic N) is 1. The van der Waals surface area contributed by atoms with Crippen LogP contribution in [0.2, 0.25) is 0 Å². The van der Waals surface area contributed by atoms with Crippen molar-refractivity contribution in [2.24, 2.45) is 17.8 Å². The Morgan fingerprint density at radius 3 is 2.50 bits per heavy atom. The molecular formula is C20H30N2O2. The minimum Gasteiger partial charge on any atom is -0.491 e. The molecule has 1 aliphatic carbocycles. The van der Waals surface area contributed by atoms with Crippen LogP contribution in [0.15, 0.2) is 24.3 Å². The molecule has 1 aromatic rings. The number of benzene rings is 1. The Hall–Kier alpha value is -1.55. The number of nitrogens with one attached hydrogen (secondary N) is 1. The maximum absolute atomic E-state index is 12.6. The highest BCUT2D eigenvalue weighted by Gasteiger charge is 2.59. The molecule has 132 valence electrons. The SMILES string of the molecule is Cc1ccccc1OCC(C)(C)NC(=O)[C@H]1[C@@H]2CN(C(C)C)C[C@@H]21. The van der Waals surface area contributed by atoms with Crippen LogP contribution in [0.25, 0.3) is 0 Å². The topological polar surface area (TPSA) is 41.6 Å². The van der Waals surface area contributed by atoms with Crippen molar-refractivity contribution < 1.29 is 9.53 Å². The van der Waals surface area contributed by atoms with Gasteiger partial charge in [0.1, 0.15) is 12.4 Å². The molecule has 4 nitrogen and oxygen atoms in total. The summed E-state index contributed by atoms with van der Waals surface area (Å²) in [5, 5.41) is 3.20. The quantitative estimate of drug-likeness (QED) is 0.872. The van der Waals surface area contributed by atoms with Crippen molar-refractivity contribution in [3.8, 4) is 5.75 Å². The Morgan fingerprint density at radius 1 is 1.29 bits per heavy atom. The van der Waals surface area contributed by atoms with Crippen LogP contribution in [0.4, 0.5) is 0 Å². The molecule has 0 aromatic heterocycles. The van der Waals surface area contributed by atoms with E-state index in [1.54, 1.807) is 0 Å². The van der Waals surface area contributed by atoms with Crippen LogP contribution in [0.1, 0.15) is 33.3 Å². The monoisotopic (exact) mass is 330 g/mol. The summed E-state index contributed by atoms with van der Waals surface area (Å²) in [5.41, 5.74) is 0.749. The molecule has 0 unspecified atom stereocenters. The van der Waals surface area contributed by atoms with Crippen LogP contribution >= 0.6 is 0 Å². The molecule has 1 heterocycles. The zero-order valence-electron chi connectivity index (χ0n) is 15.5. The van der Waals surface area contributed by atoms with Crippen molar-refractivity contribution in [2.75, 3.05) is 19.7 Å². The first-order valence-corrected chi connectivity index (χ1v) is 9.03. The van der Waals surface area contributed by atoms with Gasteiger partial charge < -0.3 is 15.0 Å². The Morgan fingerprint density at radius 2 is 1.92 bits per heavy atom. The highest BCUT2D eigenvalue weighted by Crippen LogP contribution is 2.52. The average molecular weight is 330 g/mol. The zero-order chi connectivity index (χ0) is 17.5. The lowest BCUT2D eigenvalue weighted by Crippen LogP contribution is -2.49. The maximum Gasteiger partial charge on any atom is 0.224 e. The number of piperidine rings is 1. The predicted molar refractivity (Wildman–Crippen MR) is 96.1 cm³/mol. The summed E-state index contributed by atoms with van der Waals surface area (Å²) in [5.74, 6) is 2.40. The van der Waals surface area contributed by atoms with E-state index in [-0.39, 0.29) is 17.4 Å². The van der Waals surface area contributed by atoms with Crippen LogP contribution in [0, 0.1) is 24.7 Å². The van der Waals surface area contributed by atoms with Crippen molar-refractivity contribution in [2.45, 2.75) is 46.2 Å². The molecule has 1 saturated carbocycles. The smallest absolute Gasteiger partial charge is 0.224 e. The standard InChI is InChI=1S/C20H30N2O2/c1-13(2)22-10-15-16(11-22)18(15)19(23)21-20(4,5)12-24-17-9-7-6-8-14(17)3/h6-9,13,15-16,18H,10-12H2,1-5H3,(H,21,23)/t15-,16+,18+. The second kappa shape index (κ2) is 6.40. The van der Waals surface area contributed by atoms with E-state index in [0.717, 1.165) is 24.4 Å². The summed E-state index contributed by atoms with van der Waals surface area (Å²) in [6.07, 6.45) is 0. The normalized spacial score (nSPS) is 26.3. The van der Waals surface area contributed by atoms with E-state index in [1.807, 2.05) is 45.0 Å². The first-order chi connectivity index (χ1) is 11.3. The number of likely N-dealkylation sites (tertiary alicyclic amines) is 1. The number of hydrogen-bond acceptors (Lipinski definition) is 3. The molecule has 1 saturated heterocycles. The van der Waals surface area contributed by atoms with E-state index in [1.165, 1.54) is 0 Å². The van der Waals surface area contributed by atoms with E-state index in [4.69, 9.17) is 4.74 Å². The van der Waals surface area contributed by atoms with Crippen LogP contribution in [0.3, 0.4) is 0 Å². The Balaban J connectivity index is 1.49. The van der Waals surface area contributed by atoms with Gasteiger partial charge >= 0.3 is 0 Å². The third-order valence-corrected chi connectivity index (χ3v) is 5.40. The fourth-order valence-electron chi connectivity index (χ4n) is 3.80. The molecule has 0 bridgehead atoms. The van der Waals surface area contributed by atoms with Crippen molar-refractivity contribution in [3.05, 3.63) is 29.8 Å². The van der Waals surface area contributed by atoms with Gasteiger partial charge in [0.25, 0.3) is 0 Å². The van der Waals surface area contributed by atoms with E-state index in [2.05, 4.69) is 24.1 Å². The number of carbonyl (C=O) groups is 1. The lowest BCUT2D eigenvalue weighted by molar-refractivity contribution is -0.125. The van der Waals surface area contributed by atoms with E-state index >= 15 is 0 Å². The van der Waals surface area contributed by atoms with Gasteiger partial charge in [-0.1, -0.05) is 18.2 Å². The van der Waals surface area contributed by atoms with Crippen molar-refractivity contribution in [1.29, 1.82) is 0 Å². The third-order valence-electron chi connectivity index (χ3n) is 5.40.